The van der Waals surface area contributed by atoms with Crippen LogP contribution in [0, 0.1) is 0 Å². The molecular weight excluding hydrogens is 390 g/mol. The van der Waals surface area contributed by atoms with E-state index in [1.165, 1.54) is 11.8 Å². The minimum absolute atomic E-state index is 0.0541. The van der Waals surface area contributed by atoms with Gasteiger partial charge in [0.1, 0.15) is 0 Å². The van der Waals surface area contributed by atoms with Crippen LogP contribution in [0.3, 0.4) is 0 Å². The molecule has 0 bridgehead atoms. The molecule has 1 aliphatic heterocycles. The first-order valence-electron chi connectivity index (χ1n) is 8.93. The Bertz CT molecular complexity index is 1070. The summed E-state index contributed by atoms with van der Waals surface area (Å²) in [6, 6.07) is 21.7. The maximum absolute atomic E-state index is 12.7. The molecule has 1 unspecified atom stereocenters. The third-order valence-corrected chi connectivity index (χ3v) is 5.88. The zero-order valence-electron chi connectivity index (χ0n) is 15.2. The van der Waals surface area contributed by atoms with Crippen molar-refractivity contribution in [3.05, 3.63) is 82.9 Å². The van der Waals surface area contributed by atoms with Crippen molar-refractivity contribution in [1.29, 1.82) is 0 Å². The SMILES string of the molecule is CC1S/C(=N\N=C\c2ccc(Cl)cc2)N(Cc2cccc3ccccc23)C1=O. The van der Waals surface area contributed by atoms with Crippen LogP contribution in [0.25, 0.3) is 10.8 Å². The van der Waals surface area contributed by atoms with Crippen molar-refractivity contribution in [2.24, 2.45) is 10.2 Å². The molecule has 1 fully saturated rings. The van der Waals surface area contributed by atoms with Gasteiger partial charge in [0.05, 0.1) is 18.0 Å². The van der Waals surface area contributed by atoms with Crippen LogP contribution < -0.4 is 0 Å². The number of thioether (sulfide) groups is 1. The van der Waals surface area contributed by atoms with Crippen molar-refractivity contribution >= 4 is 51.4 Å². The molecule has 0 aliphatic carbocycles. The average Bonchev–Trinajstić information content (AvgIpc) is 2.97. The molecule has 3 aromatic rings. The quantitative estimate of drug-likeness (QED) is 0.432. The van der Waals surface area contributed by atoms with E-state index in [2.05, 4.69) is 34.5 Å². The molecule has 140 valence electrons. The number of hydrogen-bond donors (Lipinski definition) is 0. The van der Waals surface area contributed by atoms with Gasteiger partial charge >= 0.3 is 0 Å². The summed E-state index contributed by atoms with van der Waals surface area (Å²) in [7, 11) is 0. The summed E-state index contributed by atoms with van der Waals surface area (Å²) in [5.74, 6) is 0.0541. The van der Waals surface area contributed by atoms with Crippen molar-refractivity contribution in [2.75, 3.05) is 0 Å². The molecule has 0 spiro atoms. The fraction of sp³-hybridized carbons (Fsp3) is 0.136. The van der Waals surface area contributed by atoms with E-state index in [0.29, 0.717) is 16.7 Å². The van der Waals surface area contributed by atoms with Crippen LogP contribution in [-0.4, -0.2) is 27.4 Å². The number of amidine groups is 1. The van der Waals surface area contributed by atoms with Crippen LogP contribution >= 0.6 is 23.4 Å². The zero-order valence-corrected chi connectivity index (χ0v) is 16.8. The van der Waals surface area contributed by atoms with Gasteiger partial charge in [0.25, 0.3) is 0 Å². The second-order valence-corrected chi connectivity index (χ2v) is 8.25. The Morgan fingerprint density at radius 3 is 2.64 bits per heavy atom. The molecule has 1 heterocycles. The first-order chi connectivity index (χ1) is 13.6. The number of carbonyl (C=O) groups is 1. The molecule has 28 heavy (non-hydrogen) atoms. The van der Waals surface area contributed by atoms with Crippen molar-refractivity contribution in [2.45, 2.75) is 18.7 Å². The van der Waals surface area contributed by atoms with E-state index in [4.69, 9.17) is 11.6 Å². The van der Waals surface area contributed by atoms with E-state index in [1.54, 1.807) is 23.2 Å². The van der Waals surface area contributed by atoms with E-state index < -0.39 is 0 Å². The fourth-order valence-electron chi connectivity index (χ4n) is 3.10. The van der Waals surface area contributed by atoms with Crippen molar-refractivity contribution in [1.82, 2.24) is 4.90 Å². The van der Waals surface area contributed by atoms with E-state index in [-0.39, 0.29) is 11.2 Å². The van der Waals surface area contributed by atoms with Gasteiger partial charge in [-0.15, -0.1) is 5.10 Å². The molecule has 3 aromatic carbocycles. The molecule has 1 aliphatic rings. The normalized spacial score (nSPS) is 18.6. The molecular formula is C22H18ClN3OS. The zero-order chi connectivity index (χ0) is 19.5. The standard InChI is InChI=1S/C22H18ClN3OS/c1-15-21(27)26(14-18-7-4-6-17-5-2-3-8-20(17)18)22(28-15)25-24-13-16-9-11-19(23)12-10-16/h2-13,15H,14H2,1H3/b24-13+,25-22-. The summed E-state index contributed by atoms with van der Waals surface area (Å²) >= 11 is 7.33. The number of nitrogens with zero attached hydrogens (tertiary/aromatic N) is 3. The van der Waals surface area contributed by atoms with E-state index in [1.807, 2.05) is 37.3 Å². The van der Waals surface area contributed by atoms with Gasteiger partial charge in [-0.1, -0.05) is 78.0 Å². The molecule has 1 amide bonds. The minimum Gasteiger partial charge on any atom is -0.284 e. The Morgan fingerprint density at radius 1 is 1.07 bits per heavy atom. The summed E-state index contributed by atoms with van der Waals surface area (Å²) < 4.78 is 0. The molecule has 0 saturated carbocycles. The van der Waals surface area contributed by atoms with Gasteiger partial charge in [0.2, 0.25) is 5.91 Å². The third-order valence-electron chi connectivity index (χ3n) is 4.56. The molecule has 6 heteroatoms. The lowest BCUT2D eigenvalue weighted by atomic mass is 10.0. The number of amides is 1. The van der Waals surface area contributed by atoms with Crippen molar-refractivity contribution in [3.63, 3.8) is 0 Å². The number of carbonyl (C=O) groups excluding carboxylic acids is 1. The Kier molecular flexibility index (Phi) is 5.46. The predicted octanol–water partition coefficient (Wildman–Crippen LogP) is 5.35. The monoisotopic (exact) mass is 407 g/mol. The second-order valence-electron chi connectivity index (χ2n) is 6.50. The van der Waals surface area contributed by atoms with Crippen LogP contribution in [-0.2, 0) is 11.3 Å². The number of hydrogen-bond acceptors (Lipinski definition) is 4. The lowest BCUT2D eigenvalue weighted by Gasteiger charge is -2.17. The van der Waals surface area contributed by atoms with Gasteiger partial charge in [0.15, 0.2) is 5.17 Å². The highest BCUT2D eigenvalue weighted by Crippen LogP contribution is 2.30. The first-order valence-corrected chi connectivity index (χ1v) is 10.2. The predicted molar refractivity (Wildman–Crippen MR) is 118 cm³/mol. The molecule has 0 N–H and O–H groups in total. The van der Waals surface area contributed by atoms with Gasteiger partial charge < -0.3 is 0 Å². The van der Waals surface area contributed by atoms with Crippen LogP contribution in [0.2, 0.25) is 5.02 Å². The maximum Gasteiger partial charge on any atom is 0.242 e. The smallest absolute Gasteiger partial charge is 0.242 e. The Morgan fingerprint density at radius 2 is 1.82 bits per heavy atom. The maximum atomic E-state index is 12.7. The van der Waals surface area contributed by atoms with Gasteiger partial charge in [-0.05, 0) is 41.0 Å². The van der Waals surface area contributed by atoms with Crippen molar-refractivity contribution < 1.29 is 4.79 Å². The highest BCUT2D eigenvalue weighted by Gasteiger charge is 2.35. The van der Waals surface area contributed by atoms with Gasteiger partial charge in [-0.2, -0.15) is 5.10 Å². The Labute approximate surface area is 172 Å². The fourth-order valence-corrected chi connectivity index (χ4v) is 4.15. The number of rotatable bonds is 4. The van der Waals surface area contributed by atoms with Crippen LogP contribution in [0.15, 0.2) is 76.9 Å². The first kappa shape index (κ1) is 18.7. The Balaban J connectivity index is 1.60. The second kappa shape index (κ2) is 8.17. The van der Waals surface area contributed by atoms with E-state index in [0.717, 1.165) is 21.9 Å². The molecule has 4 rings (SSSR count). The van der Waals surface area contributed by atoms with Gasteiger partial charge in [-0.25, -0.2) is 0 Å². The van der Waals surface area contributed by atoms with E-state index in [9.17, 15) is 4.79 Å². The Hall–Kier alpha value is -2.63. The number of benzene rings is 3. The lowest BCUT2D eigenvalue weighted by Crippen LogP contribution is -2.30. The van der Waals surface area contributed by atoms with Crippen LogP contribution in [0.5, 0.6) is 0 Å². The van der Waals surface area contributed by atoms with Gasteiger partial charge in [0, 0.05) is 5.02 Å². The van der Waals surface area contributed by atoms with Crippen molar-refractivity contribution in [3.8, 4) is 0 Å². The van der Waals surface area contributed by atoms with Crippen LogP contribution in [0.4, 0.5) is 0 Å². The number of fused-ring (bicyclic) bond motifs is 1. The molecule has 1 saturated heterocycles. The summed E-state index contributed by atoms with van der Waals surface area (Å²) in [6.07, 6.45) is 1.66. The topological polar surface area (TPSA) is 45.0 Å². The van der Waals surface area contributed by atoms with Gasteiger partial charge in [-0.3, -0.25) is 9.69 Å². The van der Waals surface area contributed by atoms with Crippen LogP contribution in [0.1, 0.15) is 18.1 Å². The largest absolute Gasteiger partial charge is 0.284 e. The summed E-state index contributed by atoms with van der Waals surface area (Å²) in [6.45, 7) is 2.38. The average molecular weight is 408 g/mol. The summed E-state index contributed by atoms with van der Waals surface area (Å²) in [5, 5.41) is 11.9. The third kappa shape index (κ3) is 3.96. The van der Waals surface area contributed by atoms with E-state index >= 15 is 0 Å². The summed E-state index contributed by atoms with van der Waals surface area (Å²) in [4.78, 5) is 14.4. The molecule has 0 aromatic heterocycles. The minimum atomic E-state index is -0.167. The lowest BCUT2D eigenvalue weighted by molar-refractivity contribution is -0.126. The molecule has 4 nitrogen and oxygen atoms in total. The summed E-state index contributed by atoms with van der Waals surface area (Å²) in [5.41, 5.74) is 1.99. The molecule has 1 atom stereocenters. The molecule has 0 radical (unpaired) electrons. The highest BCUT2D eigenvalue weighted by atomic mass is 35.5. The number of halogens is 1. The highest BCUT2D eigenvalue weighted by molar-refractivity contribution is 8.15.